The van der Waals surface area contributed by atoms with Crippen LogP contribution >= 0.6 is 0 Å². The van der Waals surface area contributed by atoms with Gasteiger partial charge in [0.1, 0.15) is 12.4 Å². The fourth-order valence-electron chi connectivity index (χ4n) is 3.68. The highest BCUT2D eigenvalue weighted by molar-refractivity contribution is 5.31. The Bertz CT molecular complexity index is 611. The molecule has 0 aromatic heterocycles. The molecule has 1 heterocycles. The Kier molecular flexibility index (Phi) is 5.89. The number of hydrogen-bond donors (Lipinski definition) is 1. The summed E-state index contributed by atoms with van der Waals surface area (Å²) in [7, 11) is 2.23. The van der Waals surface area contributed by atoms with Crippen molar-refractivity contribution in [2.24, 2.45) is 5.73 Å². The van der Waals surface area contributed by atoms with E-state index in [9.17, 15) is 0 Å². The molecule has 0 saturated carbocycles. The molecule has 2 aromatic carbocycles. The van der Waals surface area contributed by atoms with Gasteiger partial charge in [-0.3, -0.25) is 0 Å². The molecule has 1 fully saturated rings. The predicted molar refractivity (Wildman–Crippen MR) is 99.3 cm³/mol. The number of rotatable bonds is 6. The van der Waals surface area contributed by atoms with E-state index < -0.39 is 0 Å². The minimum absolute atomic E-state index is 0.401. The molecule has 2 unspecified atom stereocenters. The highest BCUT2D eigenvalue weighted by Crippen LogP contribution is 2.30. The first kappa shape index (κ1) is 17.0. The third-order valence-electron chi connectivity index (χ3n) is 5.10. The van der Waals surface area contributed by atoms with Crippen molar-refractivity contribution in [2.75, 3.05) is 20.1 Å². The van der Waals surface area contributed by atoms with Gasteiger partial charge in [-0.1, -0.05) is 48.9 Å². The Balaban J connectivity index is 1.64. The van der Waals surface area contributed by atoms with Crippen LogP contribution in [-0.4, -0.2) is 31.1 Å². The zero-order valence-electron chi connectivity index (χ0n) is 14.5. The van der Waals surface area contributed by atoms with Crippen LogP contribution in [0.2, 0.25) is 0 Å². The van der Waals surface area contributed by atoms with Crippen LogP contribution in [0.5, 0.6) is 5.75 Å². The smallest absolute Gasteiger partial charge is 0.119 e. The monoisotopic (exact) mass is 324 g/mol. The molecular formula is C21H28N2O. The summed E-state index contributed by atoms with van der Waals surface area (Å²) in [4.78, 5) is 2.47. The lowest BCUT2D eigenvalue weighted by Gasteiger charge is -2.38. The Morgan fingerprint density at radius 2 is 1.83 bits per heavy atom. The van der Waals surface area contributed by atoms with Gasteiger partial charge in [-0.25, -0.2) is 0 Å². The maximum absolute atomic E-state index is 6.11. The maximum Gasteiger partial charge on any atom is 0.119 e. The normalized spacial score (nSPS) is 19.8. The first-order valence-corrected chi connectivity index (χ1v) is 8.95. The van der Waals surface area contributed by atoms with E-state index >= 15 is 0 Å². The van der Waals surface area contributed by atoms with Crippen LogP contribution in [0, 0.1) is 0 Å². The summed E-state index contributed by atoms with van der Waals surface area (Å²) < 4.78 is 5.89. The second-order valence-corrected chi connectivity index (χ2v) is 6.73. The van der Waals surface area contributed by atoms with Crippen LogP contribution in [0.1, 0.15) is 36.3 Å². The van der Waals surface area contributed by atoms with Crippen molar-refractivity contribution >= 4 is 0 Å². The quantitative estimate of drug-likeness (QED) is 0.878. The van der Waals surface area contributed by atoms with E-state index in [2.05, 4.69) is 48.3 Å². The number of likely N-dealkylation sites (N-methyl/N-ethyl adjacent to an activating group) is 1. The standard InChI is InChI=1S/C21H28N2O/c1-23-14-6-5-9-21(23)20(15-22)18-10-12-19(13-11-18)24-16-17-7-3-2-4-8-17/h2-4,7-8,10-13,20-21H,5-6,9,14-16,22H2,1H3. The average molecular weight is 324 g/mol. The first-order chi connectivity index (χ1) is 11.8. The van der Waals surface area contributed by atoms with Crippen molar-refractivity contribution in [3.05, 3.63) is 65.7 Å². The molecule has 24 heavy (non-hydrogen) atoms. The molecule has 0 bridgehead atoms. The van der Waals surface area contributed by atoms with E-state index in [1.54, 1.807) is 0 Å². The number of nitrogens with zero attached hydrogens (tertiary/aromatic N) is 1. The van der Waals surface area contributed by atoms with Gasteiger partial charge in [0.15, 0.2) is 0 Å². The summed E-state index contributed by atoms with van der Waals surface area (Å²) in [6.45, 7) is 2.48. The van der Waals surface area contributed by atoms with Gasteiger partial charge in [-0.05, 0) is 49.7 Å². The molecular weight excluding hydrogens is 296 g/mol. The van der Waals surface area contributed by atoms with Gasteiger partial charge < -0.3 is 15.4 Å². The summed E-state index contributed by atoms with van der Waals surface area (Å²) in [6, 6.07) is 19.3. The number of ether oxygens (including phenoxy) is 1. The van der Waals surface area contributed by atoms with Gasteiger partial charge in [0.2, 0.25) is 0 Å². The maximum atomic E-state index is 6.11. The SMILES string of the molecule is CN1CCCCC1C(CN)c1ccc(OCc2ccccc2)cc1. The topological polar surface area (TPSA) is 38.5 Å². The molecule has 1 aliphatic rings. The lowest BCUT2D eigenvalue weighted by molar-refractivity contribution is 0.160. The molecule has 0 amide bonds. The van der Waals surface area contributed by atoms with Crippen molar-refractivity contribution < 1.29 is 4.74 Å². The van der Waals surface area contributed by atoms with E-state index in [1.165, 1.54) is 36.9 Å². The fourth-order valence-corrected chi connectivity index (χ4v) is 3.68. The van der Waals surface area contributed by atoms with Crippen molar-refractivity contribution in [1.82, 2.24) is 4.90 Å². The highest BCUT2D eigenvalue weighted by atomic mass is 16.5. The summed E-state index contributed by atoms with van der Waals surface area (Å²) in [5.41, 5.74) is 8.62. The predicted octanol–water partition coefficient (Wildman–Crippen LogP) is 3.79. The molecule has 3 heteroatoms. The number of likely N-dealkylation sites (tertiary alicyclic amines) is 1. The van der Waals surface area contributed by atoms with Gasteiger partial charge in [0, 0.05) is 18.5 Å². The molecule has 128 valence electrons. The number of benzene rings is 2. The van der Waals surface area contributed by atoms with E-state index in [0.717, 1.165) is 5.75 Å². The van der Waals surface area contributed by atoms with Gasteiger partial charge >= 0.3 is 0 Å². The summed E-state index contributed by atoms with van der Waals surface area (Å²) in [5.74, 6) is 1.31. The Labute approximate surface area is 145 Å². The van der Waals surface area contributed by atoms with E-state index in [1.807, 2.05) is 18.2 Å². The molecule has 3 rings (SSSR count). The molecule has 0 radical (unpaired) electrons. The molecule has 2 atom stereocenters. The van der Waals surface area contributed by atoms with E-state index in [0.29, 0.717) is 25.1 Å². The third-order valence-corrected chi connectivity index (χ3v) is 5.10. The van der Waals surface area contributed by atoms with E-state index in [-0.39, 0.29) is 0 Å². The van der Waals surface area contributed by atoms with Crippen LogP contribution in [0.3, 0.4) is 0 Å². The Hall–Kier alpha value is -1.84. The van der Waals surface area contributed by atoms with E-state index in [4.69, 9.17) is 10.5 Å². The van der Waals surface area contributed by atoms with Gasteiger partial charge in [-0.15, -0.1) is 0 Å². The van der Waals surface area contributed by atoms with Gasteiger partial charge in [-0.2, -0.15) is 0 Å². The van der Waals surface area contributed by atoms with Crippen LogP contribution in [0.25, 0.3) is 0 Å². The summed E-state index contributed by atoms with van der Waals surface area (Å²) >= 11 is 0. The number of hydrogen-bond acceptors (Lipinski definition) is 3. The molecule has 2 aromatic rings. The van der Waals surface area contributed by atoms with Crippen LogP contribution in [0.15, 0.2) is 54.6 Å². The second-order valence-electron chi connectivity index (χ2n) is 6.73. The van der Waals surface area contributed by atoms with Gasteiger partial charge in [0.25, 0.3) is 0 Å². The number of nitrogens with two attached hydrogens (primary N) is 1. The van der Waals surface area contributed by atoms with Crippen LogP contribution < -0.4 is 10.5 Å². The fraction of sp³-hybridized carbons (Fsp3) is 0.429. The zero-order chi connectivity index (χ0) is 16.8. The molecule has 3 nitrogen and oxygen atoms in total. The largest absolute Gasteiger partial charge is 0.489 e. The minimum atomic E-state index is 0.401. The lowest BCUT2D eigenvalue weighted by atomic mass is 9.85. The van der Waals surface area contributed by atoms with Crippen molar-refractivity contribution in [2.45, 2.75) is 37.8 Å². The highest BCUT2D eigenvalue weighted by Gasteiger charge is 2.27. The molecule has 0 spiro atoms. The molecule has 0 aliphatic carbocycles. The van der Waals surface area contributed by atoms with Gasteiger partial charge in [0.05, 0.1) is 0 Å². The lowest BCUT2D eigenvalue weighted by Crippen LogP contribution is -2.42. The average Bonchev–Trinajstić information content (AvgIpc) is 2.64. The third kappa shape index (κ3) is 4.16. The van der Waals surface area contributed by atoms with Crippen molar-refractivity contribution in [3.8, 4) is 5.75 Å². The molecule has 1 aliphatic heterocycles. The van der Waals surface area contributed by atoms with Crippen molar-refractivity contribution in [1.29, 1.82) is 0 Å². The minimum Gasteiger partial charge on any atom is -0.489 e. The summed E-state index contributed by atoms with van der Waals surface area (Å²) in [6.07, 6.45) is 3.85. The Morgan fingerprint density at radius 3 is 2.50 bits per heavy atom. The molecule has 1 saturated heterocycles. The molecule has 2 N–H and O–H groups in total. The Morgan fingerprint density at radius 1 is 1.08 bits per heavy atom. The van der Waals surface area contributed by atoms with Crippen LogP contribution in [-0.2, 0) is 6.61 Å². The first-order valence-electron chi connectivity index (χ1n) is 8.95. The second kappa shape index (κ2) is 8.32. The van der Waals surface area contributed by atoms with Crippen LogP contribution in [0.4, 0.5) is 0 Å². The summed E-state index contributed by atoms with van der Waals surface area (Å²) in [5, 5.41) is 0. The van der Waals surface area contributed by atoms with Crippen molar-refractivity contribution in [3.63, 3.8) is 0 Å². The zero-order valence-corrected chi connectivity index (χ0v) is 14.5. The number of piperidine rings is 1.